The van der Waals surface area contributed by atoms with Crippen LogP contribution in [0, 0.1) is 0 Å². The van der Waals surface area contributed by atoms with Gasteiger partial charge in [0.2, 0.25) is 0 Å². The number of nitrogens with zero attached hydrogens (tertiary/aromatic N) is 3. The van der Waals surface area contributed by atoms with Crippen molar-refractivity contribution in [2.24, 2.45) is 0 Å². The van der Waals surface area contributed by atoms with Crippen LogP contribution < -0.4 is 9.80 Å². The molecule has 0 atom stereocenters. The van der Waals surface area contributed by atoms with Crippen molar-refractivity contribution >= 4 is 77.9 Å². The number of para-hydroxylation sites is 5. The molecule has 2 aromatic heterocycles. The van der Waals surface area contributed by atoms with E-state index >= 15 is 0 Å². The summed E-state index contributed by atoms with van der Waals surface area (Å²) in [6.07, 6.45) is 0. The minimum Gasteiger partial charge on any atom is -0.456 e. The number of hydrogen-bond donors (Lipinski definition) is 0. The summed E-state index contributed by atoms with van der Waals surface area (Å²) in [6.45, 7) is 0. The van der Waals surface area contributed by atoms with Crippen molar-refractivity contribution in [1.29, 1.82) is 0 Å². The normalized spacial score (nSPS) is 11.4. The average molecular weight is 744 g/mol. The summed E-state index contributed by atoms with van der Waals surface area (Å²) in [7, 11) is 0. The van der Waals surface area contributed by atoms with E-state index in [-0.39, 0.29) is 0 Å². The molecule has 0 spiro atoms. The van der Waals surface area contributed by atoms with Crippen molar-refractivity contribution in [2.45, 2.75) is 0 Å². The highest BCUT2D eigenvalue weighted by atomic mass is 16.3. The Morgan fingerprint density at radius 2 is 0.707 bits per heavy atom. The average Bonchev–Trinajstić information content (AvgIpc) is 3.83. The Balaban J connectivity index is 0.976. The molecule has 0 N–H and O–H groups in total. The van der Waals surface area contributed by atoms with E-state index in [0.29, 0.717) is 0 Å². The van der Waals surface area contributed by atoms with Gasteiger partial charge in [-0.25, -0.2) is 0 Å². The van der Waals surface area contributed by atoms with Crippen LogP contribution in [0.25, 0.3) is 60.6 Å². The Hall–Kier alpha value is -7.82. The van der Waals surface area contributed by atoms with Gasteiger partial charge in [0.25, 0.3) is 0 Å². The molecule has 0 bridgehead atoms. The molecule has 11 rings (SSSR count). The molecular formula is C54H37N3O. The molecule has 11 aromatic rings. The number of anilines is 6. The molecule has 0 fully saturated rings. The molecule has 0 radical (unpaired) electrons. The number of hydrogen-bond acceptors (Lipinski definition) is 3. The molecule has 4 nitrogen and oxygen atoms in total. The fourth-order valence-electron chi connectivity index (χ4n) is 8.47. The molecule has 0 aliphatic rings. The Bertz CT molecular complexity index is 3170. The number of benzene rings is 9. The minimum atomic E-state index is 0.843. The molecule has 0 aliphatic heterocycles. The first-order valence-electron chi connectivity index (χ1n) is 19.7. The Labute approximate surface area is 336 Å². The predicted molar refractivity (Wildman–Crippen MR) is 243 cm³/mol. The van der Waals surface area contributed by atoms with Gasteiger partial charge < -0.3 is 18.8 Å². The van der Waals surface area contributed by atoms with Crippen LogP contribution in [-0.4, -0.2) is 4.57 Å². The SMILES string of the molecule is c1ccc(N(c2ccccc2)c2ccc3c(c2)oc2cc(N(c4ccccc4)c4ccc(-c5ccc6c7ccccc7n(-c7ccccc7)c6c5)cc4)ccc23)cc1. The van der Waals surface area contributed by atoms with Crippen LogP contribution >= 0.6 is 0 Å². The molecule has 58 heavy (non-hydrogen) atoms. The fourth-order valence-corrected chi connectivity index (χ4v) is 8.47. The Kier molecular flexibility index (Phi) is 8.11. The van der Waals surface area contributed by atoms with E-state index in [4.69, 9.17) is 4.42 Å². The van der Waals surface area contributed by atoms with Crippen molar-refractivity contribution in [3.05, 3.63) is 224 Å². The van der Waals surface area contributed by atoms with E-state index in [1.54, 1.807) is 0 Å². The highest BCUT2D eigenvalue weighted by Crippen LogP contribution is 2.42. The van der Waals surface area contributed by atoms with Crippen LogP contribution in [-0.2, 0) is 0 Å². The lowest BCUT2D eigenvalue weighted by Gasteiger charge is -2.25. The molecule has 0 saturated heterocycles. The van der Waals surface area contributed by atoms with Crippen molar-refractivity contribution in [3.63, 3.8) is 0 Å². The predicted octanol–water partition coefficient (Wildman–Crippen LogP) is 15.3. The molecule has 0 aliphatic carbocycles. The second-order valence-corrected chi connectivity index (χ2v) is 14.6. The molecule has 274 valence electrons. The third kappa shape index (κ3) is 5.78. The summed E-state index contributed by atoms with van der Waals surface area (Å²) in [6, 6.07) is 79.6. The highest BCUT2D eigenvalue weighted by molar-refractivity contribution is 6.10. The number of furan rings is 1. The minimum absolute atomic E-state index is 0.843. The Morgan fingerprint density at radius 3 is 1.26 bits per heavy atom. The number of rotatable bonds is 8. The zero-order valence-electron chi connectivity index (χ0n) is 31.6. The second kappa shape index (κ2) is 14.0. The zero-order valence-corrected chi connectivity index (χ0v) is 31.6. The lowest BCUT2D eigenvalue weighted by atomic mass is 10.0. The maximum atomic E-state index is 6.70. The third-order valence-corrected chi connectivity index (χ3v) is 11.1. The largest absolute Gasteiger partial charge is 0.456 e. The van der Waals surface area contributed by atoms with Gasteiger partial charge in [-0.3, -0.25) is 0 Å². The first kappa shape index (κ1) is 33.5. The third-order valence-electron chi connectivity index (χ3n) is 11.1. The van der Waals surface area contributed by atoms with Crippen LogP contribution in [0.1, 0.15) is 0 Å². The first-order chi connectivity index (χ1) is 28.8. The van der Waals surface area contributed by atoms with Gasteiger partial charge in [-0.05, 0) is 108 Å². The standard InChI is InChI=1S/C54H37N3O/c1-5-15-40(16-6-1)55(41-17-7-2-8-18-41)45-30-33-49-50-34-31-46(37-54(50)58-53(49)36-45)56(42-19-9-3-10-20-42)44-28-25-38(26-29-44)39-27-32-48-47-23-13-14-24-51(47)57(52(48)35-39)43-21-11-4-12-22-43/h1-37H. The van der Waals surface area contributed by atoms with Crippen LogP contribution in [0.2, 0.25) is 0 Å². The summed E-state index contributed by atoms with van der Waals surface area (Å²) in [5.74, 6) is 0. The summed E-state index contributed by atoms with van der Waals surface area (Å²) >= 11 is 0. The quantitative estimate of drug-likeness (QED) is 0.155. The van der Waals surface area contributed by atoms with Crippen molar-refractivity contribution in [3.8, 4) is 16.8 Å². The monoisotopic (exact) mass is 743 g/mol. The summed E-state index contributed by atoms with van der Waals surface area (Å²) in [4.78, 5) is 4.56. The maximum absolute atomic E-state index is 6.70. The van der Waals surface area contributed by atoms with Crippen LogP contribution in [0.5, 0.6) is 0 Å². The smallest absolute Gasteiger partial charge is 0.137 e. The van der Waals surface area contributed by atoms with Gasteiger partial charge in [0.05, 0.1) is 11.0 Å². The second-order valence-electron chi connectivity index (χ2n) is 14.6. The van der Waals surface area contributed by atoms with Crippen LogP contribution in [0.15, 0.2) is 229 Å². The first-order valence-corrected chi connectivity index (χ1v) is 19.7. The molecule has 0 saturated carbocycles. The lowest BCUT2D eigenvalue weighted by molar-refractivity contribution is 0.669. The summed E-state index contributed by atoms with van der Waals surface area (Å²) in [5, 5.41) is 4.68. The van der Waals surface area contributed by atoms with Crippen molar-refractivity contribution < 1.29 is 4.42 Å². The van der Waals surface area contributed by atoms with E-state index in [0.717, 1.165) is 67.3 Å². The maximum Gasteiger partial charge on any atom is 0.137 e. The Morgan fingerprint density at radius 1 is 0.293 bits per heavy atom. The summed E-state index contributed by atoms with van der Waals surface area (Å²) in [5.41, 5.74) is 14.0. The van der Waals surface area contributed by atoms with Gasteiger partial charge in [-0.1, -0.05) is 115 Å². The molecular weight excluding hydrogens is 707 g/mol. The van der Waals surface area contributed by atoms with E-state index in [9.17, 15) is 0 Å². The van der Waals surface area contributed by atoms with Gasteiger partial charge in [0, 0.05) is 73.5 Å². The number of aromatic nitrogens is 1. The van der Waals surface area contributed by atoms with Gasteiger partial charge >= 0.3 is 0 Å². The van der Waals surface area contributed by atoms with Crippen molar-refractivity contribution in [1.82, 2.24) is 4.57 Å². The topological polar surface area (TPSA) is 24.6 Å². The van der Waals surface area contributed by atoms with E-state index in [2.05, 4.69) is 227 Å². The highest BCUT2D eigenvalue weighted by Gasteiger charge is 2.19. The van der Waals surface area contributed by atoms with Gasteiger partial charge in [0.15, 0.2) is 0 Å². The molecule has 9 aromatic carbocycles. The fraction of sp³-hybridized carbons (Fsp3) is 0. The van der Waals surface area contributed by atoms with Gasteiger partial charge in [-0.15, -0.1) is 0 Å². The van der Waals surface area contributed by atoms with Gasteiger partial charge in [0.1, 0.15) is 11.2 Å². The van der Waals surface area contributed by atoms with E-state index in [1.165, 1.54) is 27.4 Å². The van der Waals surface area contributed by atoms with Crippen LogP contribution in [0.3, 0.4) is 0 Å². The van der Waals surface area contributed by atoms with Gasteiger partial charge in [-0.2, -0.15) is 0 Å². The lowest BCUT2D eigenvalue weighted by Crippen LogP contribution is -2.09. The molecule has 0 amide bonds. The molecule has 0 unspecified atom stereocenters. The zero-order chi connectivity index (χ0) is 38.4. The van der Waals surface area contributed by atoms with E-state index < -0.39 is 0 Å². The van der Waals surface area contributed by atoms with Crippen LogP contribution in [0.4, 0.5) is 34.1 Å². The summed E-state index contributed by atoms with van der Waals surface area (Å²) < 4.78 is 9.07. The molecule has 4 heteroatoms. The number of fused-ring (bicyclic) bond motifs is 6. The van der Waals surface area contributed by atoms with Crippen molar-refractivity contribution in [2.75, 3.05) is 9.80 Å². The molecule has 2 heterocycles. The van der Waals surface area contributed by atoms with E-state index in [1.807, 2.05) is 12.1 Å².